The van der Waals surface area contributed by atoms with Gasteiger partial charge in [-0.15, -0.1) is 0 Å². The molecular formula is C33H29F4N5O. The Morgan fingerprint density at radius 2 is 1.63 bits per heavy atom. The number of fused-ring (bicyclic) bond motifs is 1. The molecule has 220 valence electrons. The van der Waals surface area contributed by atoms with Gasteiger partial charge in [0.2, 0.25) is 0 Å². The van der Waals surface area contributed by atoms with Crippen molar-refractivity contribution in [1.82, 2.24) is 19.8 Å². The monoisotopic (exact) mass is 587 g/mol. The third-order valence-corrected chi connectivity index (χ3v) is 9.72. The number of nitrogens with one attached hydrogen (secondary N) is 1. The first kappa shape index (κ1) is 27.4. The summed E-state index contributed by atoms with van der Waals surface area (Å²) < 4.78 is 55.0. The largest absolute Gasteiger partial charge is 0.419 e. The fraction of sp³-hybridized carbons (Fsp3) is 0.364. The Morgan fingerprint density at radius 1 is 0.930 bits per heavy atom. The van der Waals surface area contributed by atoms with Crippen molar-refractivity contribution < 1.29 is 22.4 Å². The van der Waals surface area contributed by atoms with Crippen LogP contribution in [0.4, 0.5) is 28.0 Å². The van der Waals surface area contributed by atoms with E-state index in [1.165, 1.54) is 0 Å². The van der Waals surface area contributed by atoms with Crippen LogP contribution < -0.4 is 0 Å². The molecule has 3 heterocycles. The zero-order valence-corrected chi connectivity index (χ0v) is 23.3. The molecule has 3 fully saturated rings. The van der Waals surface area contributed by atoms with Gasteiger partial charge in [0.15, 0.2) is 5.69 Å². The number of benzene rings is 3. The molecule has 0 bridgehead atoms. The van der Waals surface area contributed by atoms with Crippen molar-refractivity contribution in [2.45, 2.75) is 43.7 Å². The summed E-state index contributed by atoms with van der Waals surface area (Å²) in [6, 6.07) is 17.1. The lowest BCUT2D eigenvalue weighted by molar-refractivity contribution is -0.139. The van der Waals surface area contributed by atoms with E-state index in [0.29, 0.717) is 31.0 Å². The van der Waals surface area contributed by atoms with Crippen molar-refractivity contribution in [3.8, 4) is 11.1 Å². The lowest BCUT2D eigenvalue weighted by atomic mass is 9.79. The summed E-state index contributed by atoms with van der Waals surface area (Å²) in [6.45, 7) is 10.1. The minimum Gasteiger partial charge on any atom is -0.341 e. The van der Waals surface area contributed by atoms with E-state index >= 15 is 0 Å². The molecule has 1 spiro atoms. The van der Waals surface area contributed by atoms with Crippen LogP contribution in [0.25, 0.3) is 27.0 Å². The minimum absolute atomic E-state index is 0.0727. The first-order chi connectivity index (χ1) is 20.6. The number of aromatic amines is 1. The van der Waals surface area contributed by atoms with Crippen LogP contribution in [0.2, 0.25) is 0 Å². The van der Waals surface area contributed by atoms with Crippen molar-refractivity contribution in [3.63, 3.8) is 0 Å². The number of alkyl halides is 3. The molecule has 43 heavy (non-hydrogen) atoms. The van der Waals surface area contributed by atoms with E-state index in [0.717, 1.165) is 67.6 Å². The maximum atomic E-state index is 14.5. The molecule has 1 aromatic heterocycles. The lowest BCUT2D eigenvalue weighted by Gasteiger charge is -2.37. The summed E-state index contributed by atoms with van der Waals surface area (Å²) in [6.07, 6.45) is -0.619. The number of carbonyl (C=O) groups excluding carboxylic acids is 1. The van der Waals surface area contributed by atoms with E-state index in [1.807, 2.05) is 52.3 Å². The Labute approximate surface area is 246 Å². The summed E-state index contributed by atoms with van der Waals surface area (Å²) in [5.41, 5.74) is 1.44. The molecule has 3 aromatic carbocycles. The SMILES string of the molecule is [C-]#[N+]c1cccc(-c2ccc(C3(c4nc5cc(F)c(C(F)(F)F)cc5[nH]4)CC34CCN(C(=O)N3CCCC3)CC4)cc2)c1. The number of carbonyl (C=O) groups is 1. The topological polar surface area (TPSA) is 56.6 Å². The van der Waals surface area contributed by atoms with Gasteiger partial charge in [0.25, 0.3) is 0 Å². The molecule has 10 heteroatoms. The van der Waals surface area contributed by atoms with Crippen LogP contribution in [-0.4, -0.2) is 52.0 Å². The molecule has 1 atom stereocenters. The number of hydrogen-bond acceptors (Lipinski definition) is 2. The van der Waals surface area contributed by atoms with Crippen LogP contribution in [0.15, 0.2) is 60.7 Å². The Bertz CT molecular complexity index is 1760. The van der Waals surface area contributed by atoms with Gasteiger partial charge in [0.05, 0.1) is 28.6 Å². The van der Waals surface area contributed by atoms with Gasteiger partial charge in [-0.25, -0.2) is 19.0 Å². The molecule has 1 aliphatic carbocycles. The Balaban J connectivity index is 1.26. The summed E-state index contributed by atoms with van der Waals surface area (Å²) in [5, 5.41) is 0. The van der Waals surface area contributed by atoms with E-state index in [4.69, 9.17) is 11.6 Å². The highest BCUT2D eigenvalue weighted by molar-refractivity contribution is 5.78. The summed E-state index contributed by atoms with van der Waals surface area (Å²) in [5.74, 6) is -0.833. The first-order valence-electron chi connectivity index (χ1n) is 14.5. The predicted octanol–water partition coefficient (Wildman–Crippen LogP) is 7.93. The van der Waals surface area contributed by atoms with Crippen LogP contribution in [0.5, 0.6) is 0 Å². The van der Waals surface area contributed by atoms with Crippen molar-refractivity contribution in [3.05, 3.63) is 94.8 Å². The number of aromatic nitrogens is 2. The van der Waals surface area contributed by atoms with Crippen molar-refractivity contribution in [1.29, 1.82) is 0 Å². The van der Waals surface area contributed by atoms with Gasteiger partial charge < -0.3 is 14.8 Å². The van der Waals surface area contributed by atoms with Gasteiger partial charge in [-0.3, -0.25) is 0 Å². The summed E-state index contributed by atoms with van der Waals surface area (Å²) >= 11 is 0. The van der Waals surface area contributed by atoms with E-state index in [1.54, 1.807) is 6.07 Å². The van der Waals surface area contributed by atoms with Gasteiger partial charge in [-0.05, 0) is 66.3 Å². The molecule has 6 nitrogen and oxygen atoms in total. The highest BCUT2D eigenvalue weighted by Crippen LogP contribution is 2.72. The number of halogens is 4. The predicted molar refractivity (Wildman–Crippen MR) is 154 cm³/mol. The first-order valence-corrected chi connectivity index (χ1v) is 14.5. The number of H-pyrrole nitrogens is 1. The van der Waals surface area contributed by atoms with Gasteiger partial charge in [-0.1, -0.05) is 42.5 Å². The third kappa shape index (κ3) is 4.44. The molecule has 4 aromatic rings. The fourth-order valence-electron chi connectivity index (χ4n) is 7.33. The molecule has 3 aliphatic rings. The highest BCUT2D eigenvalue weighted by atomic mass is 19.4. The molecule has 2 aliphatic heterocycles. The van der Waals surface area contributed by atoms with Crippen LogP contribution in [0.1, 0.15) is 49.1 Å². The molecule has 2 saturated heterocycles. The van der Waals surface area contributed by atoms with E-state index in [2.05, 4.69) is 9.83 Å². The normalized spacial score (nSPS) is 21.4. The molecule has 7 rings (SSSR count). The molecular weight excluding hydrogens is 558 g/mol. The van der Waals surface area contributed by atoms with Gasteiger partial charge in [0.1, 0.15) is 11.6 Å². The zero-order valence-electron chi connectivity index (χ0n) is 23.3. The van der Waals surface area contributed by atoms with Gasteiger partial charge >= 0.3 is 12.2 Å². The van der Waals surface area contributed by atoms with Crippen LogP contribution in [0, 0.1) is 17.8 Å². The Kier molecular flexibility index (Phi) is 6.27. The zero-order chi connectivity index (χ0) is 30.0. The third-order valence-electron chi connectivity index (χ3n) is 9.72. The Morgan fingerprint density at radius 3 is 2.30 bits per heavy atom. The average Bonchev–Trinajstić information content (AvgIpc) is 3.35. The maximum absolute atomic E-state index is 14.5. The quantitative estimate of drug-likeness (QED) is 0.196. The minimum atomic E-state index is -4.82. The number of piperidine rings is 1. The van der Waals surface area contributed by atoms with Gasteiger partial charge in [-0.2, -0.15) is 13.2 Å². The second-order valence-corrected chi connectivity index (χ2v) is 12.0. The molecule has 1 saturated carbocycles. The van der Waals surface area contributed by atoms with Crippen LogP contribution in [-0.2, 0) is 11.6 Å². The highest BCUT2D eigenvalue weighted by Gasteiger charge is 2.70. The van der Waals surface area contributed by atoms with E-state index in [9.17, 15) is 22.4 Å². The smallest absolute Gasteiger partial charge is 0.341 e. The van der Waals surface area contributed by atoms with E-state index in [-0.39, 0.29) is 22.5 Å². The summed E-state index contributed by atoms with van der Waals surface area (Å²) in [7, 11) is 0. The average molecular weight is 588 g/mol. The molecule has 0 radical (unpaired) electrons. The molecule has 2 amide bonds. The van der Waals surface area contributed by atoms with Gasteiger partial charge in [0, 0.05) is 32.2 Å². The number of amides is 2. The van der Waals surface area contributed by atoms with E-state index < -0.39 is 23.0 Å². The molecule has 1 unspecified atom stereocenters. The Hall–Kier alpha value is -4.39. The second-order valence-electron chi connectivity index (χ2n) is 12.0. The van der Waals surface area contributed by atoms with Crippen LogP contribution in [0.3, 0.4) is 0 Å². The maximum Gasteiger partial charge on any atom is 0.419 e. The van der Waals surface area contributed by atoms with Crippen molar-refractivity contribution in [2.75, 3.05) is 26.2 Å². The number of hydrogen-bond donors (Lipinski definition) is 1. The number of rotatable bonds is 3. The number of likely N-dealkylation sites (tertiary alicyclic amines) is 2. The fourth-order valence-corrected chi connectivity index (χ4v) is 7.33. The number of imidazole rings is 1. The van der Waals surface area contributed by atoms with Crippen LogP contribution >= 0.6 is 0 Å². The number of nitrogens with zero attached hydrogens (tertiary/aromatic N) is 4. The number of urea groups is 1. The molecule has 1 N–H and O–H groups in total. The van der Waals surface area contributed by atoms with Crippen molar-refractivity contribution >= 4 is 22.8 Å². The van der Waals surface area contributed by atoms with Crippen molar-refractivity contribution in [2.24, 2.45) is 5.41 Å². The second kappa shape index (κ2) is 9.83. The lowest BCUT2D eigenvalue weighted by Crippen LogP contribution is -2.47. The summed E-state index contributed by atoms with van der Waals surface area (Å²) in [4.78, 5) is 28.3. The standard InChI is InChI=1S/C33H29F4N5O/c1-38-24-6-4-5-22(17-24)21-7-9-23(10-8-21)32(29-39-27-18-25(33(35,36)37)26(34)19-28(27)40-29)20-31(32)11-15-42(16-12-31)30(43)41-13-2-3-14-41/h4-10,17-19H,2-3,11-16,20H2,(H,39,40).